The van der Waals surface area contributed by atoms with Crippen LogP contribution < -0.4 is 0 Å². The molecule has 1 aliphatic rings. The van der Waals surface area contributed by atoms with Crippen LogP contribution in [0.25, 0.3) is 0 Å². The van der Waals surface area contributed by atoms with Crippen LogP contribution in [0.1, 0.15) is 25.7 Å². The first-order valence-electron chi connectivity index (χ1n) is 4.67. The summed E-state index contributed by atoms with van der Waals surface area (Å²) in [5, 5.41) is 26.7. The highest BCUT2D eigenvalue weighted by atomic mass is 16.4. The summed E-state index contributed by atoms with van der Waals surface area (Å²) in [4.78, 5) is 10.6. The van der Waals surface area contributed by atoms with E-state index < -0.39 is 12.1 Å². The Bertz CT molecular complexity index is 172. The van der Waals surface area contributed by atoms with E-state index in [-0.39, 0.29) is 18.4 Å². The van der Waals surface area contributed by atoms with Gasteiger partial charge in [0.15, 0.2) is 0 Å². The average Bonchev–Trinajstić information content (AvgIpc) is 2.17. The summed E-state index contributed by atoms with van der Waals surface area (Å²) >= 11 is 0. The van der Waals surface area contributed by atoms with Crippen molar-refractivity contribution in [3.63, 3.8) is 0 Å². The molecule has 4 nitrogen and oxygen atoms in total. The van der Waals surface area contributed by atoms with E-state index in [9.17, 15) is 9.90 Å². The molecule has 0 heterocycles. The van der Waals surface area contributed by atoms with Crippen molar-refractivity contribution < 1.29 is 20.1 Å². The van der Waals surface area contributed by atoms with Crippen LogP contribution in [0.4, 0.5) is 0 Å². The van der Waals surface area contributed by atoms with Crippen molar-refractivity contribution in [1.82, 2.24) is 0 Å². The van der Waals surface area contributed by atoms with E-state index in [0.717, 1.165) is 0 Å². The Hall–Kier alpha value is -0.610. The highest BCUT2D eigenvalue weighted by Gasteiger charge is 2.29. The summed E-state index contributed by atoms with van der Waals surface area (Å²) in [6.45, 7) is -0.220. The lowest BCUT2D eigenvalue weighted by atomic mass is 9.79. The van der Waals surface area contributed by atoms with Crippen LogP contribution >= 0.6 is 0 Å². The summed E-state index contributed by atoms with van der Waals surface area (Å²) in [5.74, 6) is -0.903. The van der Waals surface area contributed by atoms with E-state index >= 15 is 0 Å². The summed E-state index contributed by atoms with van der Waals surface area (Å²) in [6, 6.07) is 0. The van der Waals surface area contributed by atoms with Crippen molar-refractivity contribution in [2.75, 3.05) is 6.61 Å². The lowest BCUT2D eigenvalue weighted by Crippen LogP contribution is -2.30. The van der Waals surface area contributed by atoms with Crippen molar-refractivity contribution in [1.29, 1.82) is 0 Å². The number of carboxylic acid groups (broad SMARTS) is 1. The second kappa shape index (κ2) is 4.58. The molecular weight excluding hydrogens is 172 g/mol. The molecule has 1 atom stereocenters. The molecule has 13 heavy (non-hydrogen) atoms. The first-order valence-corrected chi connectivity index (χ1v) is 4.67. The van der Waals surface area contributed by atoms with Gasteiger partial charge in [-0.25, -0.2) is 0 Å². The van der Waals surface area contributed by atoms with E-state index in [1.165, 1.54) is 0 Å². The summed E-state index contributed by atoms with van der Waals surface area (Å²) in [7, 11) is 0. The van der Waals surface area contributed by atoms with E-state index in [1.54, 1.807) is 0 Å². The van der Waals surface area contributed by atoms with Gasteiger partial charge in [-0.3, -0.25) is 4.79 Å². The zero-order valence-electron chi connectivity index (χ0n) is 7.52. The summed E-state index contributed by atoms with van der Waals surface area (Å²) in [6.07, 6.45) is 1.99. The number of aliphatic carboxylic acids is 1. The van der Waals surface area contributed by atoms with Crippen molar-refractivity contribution in [2.45, 2.75) is 31.8 Å². The number of aliphatic hydroxyl groups is 2. The zero-order chi connectivity index (χ0) is 9.84. The van der Waals surface area contributed by atoms with Crippen molar-refractivity contribution in [2.24, 2.45) is 11.8 Å². The first kappa shape index (κ1) is 10.5. The second-order valence-electron chi connectivity index (χ2n) is 3.70. The fourth-order valence-electron chi connectivity index (χ4n) is 1.90. The molecule has 0 bridgehead atoms. The van der Waals surface area contributed by atoms with Crippen LogP contribution in [-0.4, -0.2) is 34.0 Å². The largest absolute Gasteiger partial charge is 0.481 e. The molecule has 1 unspecified atom stereocenters. The lowest BCUT2D eigenvalue weighted by Gasteiger charge is -2.28. The molecule has 0 saturated heterocycles. The minimum Gasteiger partial charge on any atom is -0.481 e. The fraction of sp³-hybridized carbons (Fsp3) is 0.889. The molecule has 4 heteroatoms. The molecule has 1 saturated carbocycles. The Morgan fingerprint density at radius 2 is 1.85 bits per heavy atom. The predicted octanol–water partition coefficient (Wildman–Crippen LogP) is 0.231. The third-order valence-electron chi connectivity index (χ3n) is 2.85. The minimum absolute atomic E-state index is 0.0839. The van der Waals surface area contributed by atoms with Gasteiger partial charge in [-0.05, 0) is 31.6 Å². The Morgan fingerprint density at radius 3 is 2.23 bits per heavy atom. The molecule has 76 valence electrons. The van der Waals surface area contributed by atoms with E-state index in [2.05, 4.69) is 0 Å². The monoisotopic (exact) mass is 188 g/mol. The van der Waals surface area contributed by atoms with Gasteiger partial charge in [-0.1, -0.05) is 0 Å². The number of carboxylic acids is 1. The standard InChI is InChI=1S/C9H16O4/c10-5-8(11)6-1-3-7(4-2-6)9(12)13/h6-8,10-11H,1-5H2,(H,12,13). The highest BCUT2D eigenvalue weighted by molar-refractivity contribution is 5.69. The zero-order valence-corrected chi connectivity index (χ0v) is 7.52. The molecule has 0 aromatic heterocycles. The predicted molar refractivity (Wildman–Crippen MR) is 46.2 cm³/mol. The summed E-state index contributed by atoms with van der Waals surface area (Å²) < 4.78 is 0. The second-order valence-corrected chi connectivity index (χ2v) is 3.70. The Labute approximate surface area is 77.2 Å². The highest BCUT2D eigenvalue weighted by Crippen LogP contribution is 2.30. The quantitative estimate of drug-likeness (QED) is 0.592. The number of aliphatic hydroxyl groups excluding tert-OH is 2. The van der Waals surface area contributed by atoms with Gasteiger partial charge in [0.05, 0.1) is 18.6 Å². The van der Waals surface area contributed by atoms with Crippen LogP contribution in [0.15, 0.2) is 0 Å². The maximum atomic E-state index is 10.6. The number of carbonyl (C=O) groups is 1. The maximum Gasteiger partial charge on any atom is 0.306 e. The Morgan fingerprint density at radius 1 is 1.31 bits per heavy atom. The van der Waals surface area contributed by atoms with Gasteiger partial charge in [-0.2, -0.15) is 0 Å². The van der Waals surface area contributed by atoms with Gasteiger partial charge in [0.1, 0.15) is 0 Å². The Balaban J connectivity index is 2.34. The number of rotatable bonds is 3. The van der Waals surface area contributed by atoms with Crippen LogP contribution in [-0.2, 0) is 4.79 Å². The SMILES string of the molecule is O=C(O)C1CCC(C(O)CO)CC1. The van der Waals surface area contributed by atoms with Crippen molar-refractivity contribution in [3.05, 3.63) is 0 Å². The first-order chi connectivity index (χ1) is 6.15. The molecule has 3 N–H and O–H groups in total. The van der Waals surface area contributed by atoms with E-state index in [1.807, 2.05) is 0 Å². The molecular formula is C9H16O4. The molecule has 0 aromatic rings. The molecule has 0 aliphatic heterocycles. The summed E-state index contributed by atoms with van der Waals surface area (Å²) in [5.41, 5.74) is 0. The van der Waals surface area contributed by atoms with Gasteiger partial charge < -0.3 is 15.3 Å². The van der Waals surface area contributed by atoms with E-state index in [4.69, 9.17) is 10.2 Å². The van der Waals surface area contributed by atoms with Crippen LogP contribution in [0, 0.1) is 11.8 Å². The maximum absolute atomic E-state index is 10.6. The van der Waals surface area contributed by atoms with Crippen molar-refractivity contribution in [3.8, 4) is 0 Å². The number of hydrogen-bond acceptors (Lipinski definition) is 3. The smallest absolute Gasteiger partial charge is 0.306 e. The average molecular weight is 188 g/mol. The van der Waals surface area contributed by atoms with Crippen LogP contribution in [0.2, 0.25) is 0 Å². The van der Waals surface area contributed by atoms with Crippen LogP contribution in [0.5, 0.6) is 0 Å². The molecule has 1 aliphatic carbocycles. The van der Waals surface area contributed by atoms with Gasteiger partial charge in [0, 0.05) is 0 Å². The Kier molecular flexibility index (Phi) is 3.69. The molecule has 0 spiro atoms. The van der Waals surface area contributed by atoms with E-state index in [0.29, 0.717) is 25.7 Å². The molecule has 0 amide bonds. The van der Waals surface area contributed by atoms with Crippen molar-refractivity contribution >= 4 is 5.97 Å². The van der Waals surface area contributed by atoms with Gasteiger partial charge in [-0.15, -0.1) is 0 Å². The fourth-order valence-corrected chi connectivity index (χ4v) is 1.90. The third-order valence-corrected chi connectivity index (χ3v) is 2.85. The third kappa shape index (κ3) is 2.67. The lowest BCUT2D eigenvalue weighted by molar-refractivity contribution is -0.143. The topological polar surface area (TPSA) is 77.8 Å². The minimum atomic E-state index is -0.739. The molecule has 1 fully saturated rings. The van der Waals surface area contributed by atoms with Crippen LogP contribution in [0.3, 0.4) is 0 Å². The normalized spacial score (nSPS) is 31.2. The molecule has 0 radical (unpaired) electrons. The van der Waals surface area contributed by atoms with Gasteiger partial charge >= 0.3 is 5.97 Å². The van der Waals surface area contributed by atoms with Gasteiger partial charge in [0.2, 0.25) is 0 Å². The number of hydrogen-bond donors (Lipinski definition) is 3. The molecule has 1 rings (SSSR count). The van der Waals surface area contributed by atoms with Gasteiger partial charge in [0.25, 0.3) is 0 Å². The molecule has 0 aromatic carbocycles.